The normalized spacial score (nSPS) is 14.2. The van der Waals surface area contributed by atoms with Crippen LogP contribution in [0.4, 0.5) is 26.3 Å². The second-order valence-electron chi connectivity index (χ2n) is 8.57. The van der Waals surface area contributed by atoms with Crippen LogP contribution in [0, 0.1) is 17.5 Å². The minimum Gasteiger partial charge on any atom is -0.391 e. The Balaban J connectivity index is 2.32. The topological polar surface area (TPSA) is 75.3 Å². The minimum atomic E-state index is -4.68. The molecule has 2 aromatic carbocycles. The molecule has 0 aliphatic heterocycles. The Morgan fingerprint density at radius 1 is 0.969 bits per heavy atom. The van der Waals surface area contributed by atoms with Gasteiger partial charge < -0.3 is 16.2 Å². The van der Waals surface area contributed by atoms with Crippen molar-refractivity contribution >= 4 is 5.91 Å². The van der Waals surface area contributed by atoms with E-state index in [1.165, 1.54) is 0 Å². The van der Waals surface area contributed by atoms with Gasteiger partial charge >= 0.3 is 6.18 Å². The van der Waals surface area contributed by atoms with Crippen LogP contribution >= 0.6 is 0 Å². The standard InChI is InChI=1S/C22H24F6N2O2/c1-21(2,3)30-20(32)14-5-4-13(22(26,27)28)6-11(14)9-19(31)18(29)8-12-7-16(24)17(25)10-15(12)23/h4-7,10,18-19,31H,8-9,29H2,1-3H3,(H,30,32)/t18-,19+/m1/s1. The number of benzene rings is 2. The largest absolute Gasteiger partial charge is 0.416 e. The van der Waals surface area contributed by atoms with Crippen molar-refractivity contribution in [1.82, 2.24) is 5.32 Å². The molecule has 0 heterocycles. The van der Waals surface area contributed by atoms with Gasteiger partial charge in [-0.15, -0.1) is 0 Å². The maximum absolute atomic E-state index is 13.9. The van der Waals surface area contributed by atoms with Crippen molar-refractivity contribution in [2.24, 2.45) is 5.73 Å². The van der Waals surface area contributed by atoms with Crippen molar-refractivity contribution in [2.45, 2.75) is 57.5 Å². The molecule has 4 N–H and O–H groups in total. The lowest BCUT2D eigenvalue weighted by Crippen LogP contribution is -2.42. The number of aliphatic hydroxyl groups is 1. The van der Waals surface area contributed by atoms with E-state index in [1.807, 2.05) is 0 Å². The summed E-state index contributed by atoms with van der Waals surface area (Å²) in [5.41, 5.74) is 3.66. The second-order valence-corrected chi connectivity index (χ2v) is 8.57. The molecule has 0 unspecified atom stereocenters. The zero-order valence-corrected chi connectivity index (χ0v) is 17.7. The number of alkyl halides is 3. The van der Waals surface area contributed by atoms with Crippen molar-refractivity contribution in [3.63, 3.8) is 0 Å². The lowest BCUT2D eigenvalue weighted by Gasteiger charge is -2.24. The fourth-order valence-corrected chi connectivity index (χ4v) is 3.06. The molecule has 0 saturated carbocycles. The summed E-state index contributed by atoms with van der Waals surface area (Å²) in [5, 5.41) is 13.1. The van der Waals surface area contributed by atoms with Crippen LogP contribution < -0.4 is 11.1 Å². The molecule has 0 aliphatic rings. The summed E-state index contributed by atoms with van der Waals surface area (Å²) in [4.78, 5) is 12.6. The molecule has 0 saturated heterocycles. The Kier molecular flexibility index (Phi) is 7.62. The summed E-state index contributed by atoms with van der Waals surface area (Å²) in [7, 11) is 0. The first-order valence-electron chi connectivity index (χ1n) is 9.68. The molecule has 2 atom stereocenters. The van der Waals surface area contributed by atoms with Crippen LogP contribution in [0.15, 0.2) is 30.3 Å². The lowest BCUT2D eigenvalue weighted by molar-refractivity contribution is -0.137. The van der Waals surface area contributed by atoms with Gasteiger partial charge in [-0.2, -0.15) is 13.2 Å². The van der Waals surface area contributed by atoms with E-state index < -0.39 is 65.6 Å². The molecular weight excluding hydrogens is 438 g/mol. The molecule has 2 rings (SSSR count). The van der Waals surface area contributed by atoms with Gasteiger partial charge in [0.2, 0.25) is 0 Å². The number of nitrogens with one attached hydrogen (secondary N) is 1. The highest BCUT2D eigenvalue weighted by Crippen LogP contribution is 2.31. The van der Waals surface area contributed by atoms with E-state index in [1.54, 1.807) is 20.8 Å². The maximum Gasteiger partial charge on any atom is 0.416 e. The number of rotatable bonds is 6. The minimum absolute atomic E-state index is 0.0850. The van der Waals surface area contributed by atoms with Gasteiger partial charge in [-0.3, -0.25) is 4.79 Å². The van der Waals surface area contributed by atoms with Gasteiger partial charge in [-0.1, -0.05) is 0 Å². The van der Waals surface area contributed by atoms with Gasteiger partial charge in [0.05, 0.1) is 11.7 Å². The Hall–Kier alpha value is -2.59. The van der Waals surface area contributed by atoms with Crippen molar-refractivity contribution in [2.75, 3.05) is 0 Å². The fraction of sp³-hybridized carbons (Fsp3) is 0.409. The number of hydrogen-bond acceptors (Lipinski definition) is 3. The number of hydrogen-bond donors (Lipinski definition) is 3. The molecule has 1 amide bonds. The molecule has 4 nitrogen and oxygen atoms in total. The van der Waals surface area contributed by atoms with Crippen molar-refractivity contribution < 1.29 is 36.2 Å². The number of carbonyl (C=O) groups is 1. The van der Waals surface area contributed by atoms with E-state index in [-0.39, 0.29) is 16.7 Å². The number of aliphatic hydroxyl groups excluding tert-OH is 1. The van der Waals surface area contributed by atoms with Crippen LogP contribution in [0.2, 0.25) is 0 Å². The molecule has 0 bridgehead atoms. The highest BCUT2D eigenvalue weighted by molar-refractivity contribution is 5.96. The van der Waals surface area contributed by atoms with Crippen molar-refractivity contribution in [3.8, 4) is 0 Å². The Bertz CT molecular complexity index is 986. The lowest BCUT2D eigenvalue weighted by atomic mass is 9.92. The predicted octanol–water partition coefficient (Wildman–Crippen LogP) is 4.12. The molecule has 0 aliphatic carbocycles. The average Bonchev–Trinajstić information content (AvgIpc) is 2.63. The molecule has 0 aromatic heterocycles. The maximum atomic E-state index is 13.9. The van der Waals surface area contributed by atoms with Crippen LogP contribution in [0.3, 0.4) is 0 Å². The van der Waals surface area contributed by atoms with E-state index in [9.17, 15) is 36.2 Å². The summed E-state index contributed by atoms with van der Waals surface area (Å²) >= 11 is 0. The molecular formula is C22H24F6N2O2. The fourth-order valence-electron chi connectivity index (χ4n) is 3.06. The molecule has 0 spiro atoms. The molecule has 32 heavy (non-hydrogen) atoms. The van der Waals surface area contributed by atoms with Crippen LogP contribution in [-0.2, 0) is 19.0 Å². The van der Waals surface area contributed by atoms with Gasteiger partial charge in [-0.05, 0) is 62.6 Å². The molecule has 10 heteroatoms. The third kappa shape index (κ3) is 6.70. The Morgan fingerprint density at radius 3 is 2.12 bits per heavy atom. The first-order chi connectivity index (χ1) is 14.6. The quantitative estimate of drug-likeness (QED) is 0.447. The van der Waals surface area contributed by atoms with E-state index in [2.05, 4.69) is 5.32 Å². The van der Waals surface area contributed by atoms with Gasteiger partial charge in [0.15, 0.2) is 11.6 Å². The molecule has 176 valence electrons. The Morgan fingerprint density at radius 2 is 1.56 bits per heavy atom. The number of carbonyl (C=O) groups excluding carboxylic acids is 1. The zero-order valence-electron chi connectivity index (χ0n) is 17.7. The van der Waals surface area contributed by atoms with Gasteiger partial charge in [-0.25, -0.2) is 13.2 Å². The van der Waals surface area contributed by atoms with Crippen LogP contribution in [0.5, 0.6) is 0 Å². The van der Waals surface area contributed by atoms with Gasteiger partial charge in [0.25, 0.3) is 5.91 Å². The SMILES string of the molecule is CC(C)(C)NC(=O)c1ccc(C(F)(F)F)cc1C[C@H](O)[C@H](N)Cc1cc(F)c(F)cc1F. The number of amides is 1. The van der Waals surface area contributed by atoms with E-state index in [0.29, 0.717) is 12.1 Å². The third-order valence-electron chi connectivity index (χ3n) is 4.63. The monoisotopic (exact) mass is 462 g/mol. The smallest absolute Gasteiger partial charge is 0.391 e. The van der Waals surface area contributed by atoms with Gasteiger partial charge in [0, 0.05) is 29.6 Å². The summed E-state index contributed by atoms with van der Waals surface area (Å²) < 4.78 is 79.9. The summed E-state index contributed by atoms with van der Waals surface area (Å²) in [6.07, 6.45) is -7.06. The molecule has 0 fully saturated rings. The summed E-state index contributed by atoms with van der Waals surface area (Å²) in [6, 6.07) is 2.21. The first-order valence-corrected chi connectivity index (χ1v) is 9.68. The van der Waals surface area contributed by atoms with Crippen LogP contribution in [0.25, 0.3) is 0 Å². The third-order valence-corrected chi connectivity index (χ3v) is 4.63. The van der Waals surface area contributed by atoms with E-state index in [4.69, 9.17) is 5.73 Å². The zero-order chi connectivity index (χ0) is 24.4. The highest BCUT2D eigenvalue weighted by atomic mass is 19.4. The predicted molar refractivity (Wildman–Crippen MR) is 106 cm³/mol. The van der Waals surface area contributed by atoms with Crippen LogP contribution in [-0.4, -0.2) is 28.7 Å². The van der Waals surface area contributed by atoms with Crippen molar-refractivity contribution in [3.05, 3.63) is 70.0 Å². The molecule has 2 aromatic rings. The second kappa shape index (κ2) is 9.50. The number of nitrogens with two attached hydrogens (primary N) is 1. The van der Waals surface area contributed by atoms with Crippen molar-refractivity contribution in [1.29, 1.82) is 0 Å². The first kappa shape index (κ1) is 25.7. The average molecular weight is 462 g/mol. The molecule has 0 radical (unpaired) electrons. The summed E-state index contributed by atoms with van der Waals surface area (Å²) in [5.74, 6) is -4.41. The van der Waals surface area contributed by atoms with E-state index >= 15 is 0 Å². The Labute approximate surface area is 181 Å². The summed E-state index contributed by atoms with van der Waals surface area (Å²) in [6.45, 7) is 5.07. The number of halogens is 6. The highest BCUT2D eigenvalue weighted by Gasteiger charge is 2.32. The van der Waals surface area contributed by atoms with Crippen LogP contribution in [0.1, 0.15) is 47.8 Å². The van der Waals surface area contributed by atoms with Gasteiger partial charge in [0.1, 0.15) is 5.82 Å². The van der Waals surface area contributed by atoms with E-state index in [0.717, 1.165) is 18.2 Å².